The zero-order valence-electron chi connectivity index (χ0n) is 18.8. The number of rotatable bonds is 7. The van der Waals surface area contributed by atoms with Crippen LogP contribution in [0.3, 0.4) is 0 Å². The SMILES string of the molecule is C=C(I)C(=O)N1CCC(Nc2nccc(Nc3ncc(C(=O)Nc4c(C)cccc4C)s3)n2)C1. The summed E-state index contributed by atoms with van der Waals surface area (Å²) in [6.07, 6.45) is 3.99. The van der Waals surface area contributed by atoms with Crippen molar-refractivity contribution in [3.8, 4) is 0 Å². The lowest BCUT2D eigenvalue weighted by atomic mass is 10.1. The van der Waals surface area contributed by atoms with E-state index in [1.54, 1.807) is 23.4 Å². The highest BCUT2D eigenvalue weighted by Gasteiger charge is 2.27. The minimum atomic E-state index is -0.206. The number of carbonyl (C=O) groups is 2. The second-order valence-corrected chi connectivity index (χ2v) is 10.3. The van der Waals surface area contributed by atoms with Crippen LogP contribution in [0.5, 0.6) is 0 Å². The molecular weight excluding hydrogens is 565 g/mol. The molecular formula is C23H24IN7O2S. The highest BCUT2D eigenvalue weighted by molar-refractivity contribution is 14.1. The lowest BCUT2D eigenvalue weighted by molar-refractivity contribution is -0.125. The van der Waals surface area contributed by atoms with Crippen LogP contribution in [0.25, 0.3) is 0 Å². The van der Waals surface area contributed by atoms with Crippen LogP contribution in [0.2, 0.25) is 0 Å². The van der Waals surface area contributed by atoms with Crippen molar-refractivity contribution >= 4 is 68.3 Å². The maximum Gasteiger partial charge on any atom is 0.267 e. The molecule has 0 bridgehead atoms. The molecule has 0 spiro atoms. The Morgan fingerprint density at radius 3 is 2.71 bits per heavy atom. The fourth-order valence-electron chi connectivity index (χ4n) is 3.65. The molecule has 9 nitrogen and oxygen atoms in total. The Kier molecular flexibility index (Phi) is 7.41. The number of hydrogen-bond acceptors (Lipinski definition) is 8. The Morgan fingerprint density at radius 1 is 1.21 bits per heavy atom. The van der Waals surface area contributed by atoms with Gasteiger partial charge in [0.05, 0.1) is 9.78 Å². The van der Waals surface area contributed by atoms with Crippen LogP contribution in [0.4, 0.5) is 22.6 Å². The summed E-state index contributed by atoms with van der Waals surface area (Å²) in [5.41, 5.74) is 2.83. The van der Waals surface area contributed by atoms with Crippen LogP contribution >= 0.6 is 33.9 Å². The molecule has 0 saturated carbocycles. The van der Waals surface area contributed by atoms with E-state index in [2.05, 4.69) is 37.5 Å². The molecule has 3 aromatic rings. The van der Waals surface area contributed by atoms with Crippen LogP contribution in [-0.4, -0.2) is 50.8 Å². The number of aromatic nitrogens is 3. The summed E-state index contributed by atoms with van der Waals surface area (Å²) in [4.78, 5) is 40.2. The molecule has 1 unspecified atom stereocenters. The van der Waals surface area contributed by atoms with E-state index in [1.807, 2.05) is 54.6 Å². The van der Waals surface area contributed by atoms with Gasteiger partial charge in [0.2, 0.25) is 5.95 Å². The monoisotopic (exact) mass is 589 g/mol. The molecule has 3 N–H and O–H groups in total. The van der Waals surface area contributed by atoms with Gasteiger partial charge < -0.3 is 20.9 Å². The van der Waals surface area contributed by atoms with Crippen LogP contribution in [0.15, 0.2) is 46.8 Å². The minimum Gasteiger partial charge on any atom is -0.350 e. The largest absolute Gasteiger partial charge is 0.350 e. The van der Waals surface area contributed by atoms with Gasteiger partial charge >= 0.3 is 0 Å². The van der Waals surface area contributed by atoms with Crippen LogP contribution in [-0.2, 0) is 4.79 Å². The lowest BCUT2D eigenvalue weighted by Gasteiger charge is -2.16. The minimum absolute atomic E-state index is 0.0394. The van der Waals surface area contributed by atoms with Gasteiger partial charge in [-0.1, -0.05) is 36.1 Å². The number of anilines is 4. The van der Waals surface area contributed by atoms with Crippen LogP contribution in [0, 0.1) is 13.8 Å². The van der Waals surface area contributed by atoms with Gasteiger partial charge in [-0.2, -0.15) is 4.98 Å². The van der Waals surface area contributed by atoms with Crippen LogP contribution < -0.4 is 16.0 Å². The third kappa shape index (κ3) is 5.70. The molecule has 1 aliphatic rings. The van der Waals surface area contributed by atoms with E-state index in [0.717, 1.165) is 23.2 Å². The quantitative estimate of drug-likeness (QED) is 0.275. The third-order valence-corrected chi connectivity index (χ3v) is 6.75. The van der Waals surface area contributed by atoms with E-state index >= 15 is 0 Å². The Bertz CT molecular complexity index is 1230. The number of para-hydroxylation sites is 1. The second-order valence-electron chi connectivity index (χ2n) is 7.93. The molecule has 11 heteroatoms. The number of hydrogen-bond donors (Lipinski definition) is 3. The van der Waals surface area contributed by atoms with Crippen molar-refractivity contribution in [2.45, 2.75) is 26.3 Å². The summed E-state index contributed by atoms with van der Waals surface area (Å²) in [7, 11) is 0. The maximum absolute atomic E-state index is 12.7. The van der Waals surface area contributed by atoms with E-state index in [0.29, 0.717) is 38.4 Å². The summed E-state index contributed by atoms with van der Waals surface area (Å²) in [6.45, 7) is 8.88. The van der Waals surface area contributed by atoms with Gasteiger partial charge in [0.15, 0.2) is 5.13 Å². The average molecular weight is 589 g/mol. The summed E-state index contributed by atoms with van der Waals surface area (Å²) >= 11 is 3.19. The molecule has 1 aliphatic heterocycles. The zero-order chi connectivity index (χ0) is 24.2. The molecule has 1 aromatic carbocycles. The molecule has 4 rings (SSSR count). The Balaban J connectivity index is 1.37. The number of carbonyl (C=O) groups excluding carboxylic acids is 2. The van der Waals surface area contributed by atoms with Crippen molar-refractivity contribution in [2.75, 3.05) is 29.0 Å². The topological polar surface area (TPSA) is 112 Å². The third-order valence-electron chi connectivity index (χ3n) is 5.38. The molecule has 0 radical (unpaired) electrons. The Labute approximate surface area is 215 Å². The van der Waals surface area contributed by atoms with E-state index < -0.39 is 0 Å². The Hall–Kier alpha value is -3.06. The van der Waals surface area contributed by atoms with Crippen molar-refractivity contribution in [3.63, 3.8) is 0 Å². The normalized spacial score (nSPS) is 15.1. The molecule has 2 aromatic heterocycles. The van der Waals surface area contributed by atoms with Crippen molar-refractivity contribution in [1.29, 1.82) is 0 Å². The van der Waals surface area contributed by atoms with Gasteiger partial charge in [-0.3, -0.25) is 9.59 Å². The predicted octanol–water partition coefficient (Wildman–Crippen LogP) is 4.51. The number of halogens is 1. The average Bonchev–Trinajstić information content (AvgIpc) is 3.46. The fourth-order valence-corrected chi connectivity index (χ4v) is 4.71. The number of benzene rings is 1. The molecule has 2 amide bonds. The molecule has 34 heavy (non-hydrogen) atoms. The Morgan fingerprint density at radius 2 is 1.97 bits per heavy atom. The van der Waals surface area contributed by atoms with Gasteiger partial charge in [-0.25, -0.2) is 9.97 Å². The van der Waals surface area contributed by atoms with Crippen molar-refractivity contribution in [2.24, 2.45) is 0 Å². The highest BCUT2D eigenvalue weighted by atomic mass is 127. The van der Waals surface area contributed by atoms with Crippen LogP contribution in [0.1, 0.15) is 27.2 Å². The summed E-state index contributed by atoms with van der Waals surface area (Å²) < 4.78 is 0.506. The lowest BCUT2D eigenvalue weighted by Crippen LogP contribution is -2.31. The standard InChI is InChI=1S/C23H24IN7O2S/c1-13-5-4-6-14(2)19(13)30-20(32)17-11-26-23(34-17)29-18-7-9-25-22(28-18)27-16-8-10-31(12-16)21(33)15(3)24/h4-7,9,11,16H,3,8,10,12H2,1-2H3,(H,30,32)(H2,25,26,27,28,29). The van der Waals surface area contributed by atoms with E-state index in [-0.39, 0.29) is 17.9 Å². The summed E-state index contributed by atoms with van der Waals surface area (Å²) in [5.74, 6) is 0.771. The fraction of sp³-hybridized carbons (Fsp3) is 0.261. The molecule has 0 aliphatic carbocycles. The smallest absolute Gasteiger partial charge is 0.267 e. The highest BCUT2D eigenvalue weighted by Crippen LogP contribution is 2.25. The van der Waals surface area contributed by atoms with Gasteiger partial charge in [-0.15, -0.1) is 0 Å². The molecule has 1 fully saturated rings. The van der Waals surface area contributed by atoms with Gasteiger partial charge in [0, 0.05) is 31.0 Å². The predicted molar refractivity (Wildman–Crippen MR) is 143 cm³/mol. The van der Waals surface area contributed by atoms with E-state index in [9.17, 15) is 9.59 Å². The first kappa shape index (κ1) is 24.1. The molecule has 176 valence electrons. The first-order chi connectivity index (χ1) is 16.3. The van der Waals surface area contributed by atoms with Gasteiger partial charge in [0.25, 0.3) is 11.8 Å². The summed E-state index contributed by atoms with van der Waals surface area (Å²) in [6, 6.07) is 7.68. The number of aryl methyl sites for hydroxylation is 2. The van der Waals surface area contributed by atoms with Crippen molar-refractivity contribution in [3.05, 3.63) is 62.8 Å². The number of amides is 2. The summed E-state index contributed by atoms with van der Waals surface area (Å²) in [5, 5.41) is 9.94. The van der Waals surface area contributed by atoms with Crippen molar-refractivity contribution in [1.82, 2.24) is 19.9 Å². The number of thiazole rings is 1. The number of likely N-dealkylation sites (tertiary alicyclic amines) is 1. The van der Waals surface area contributed by atoms with E-state index in [4.69, 9.17) is 0 Å². The van der Waals surface area contributed by atoms with E-state index in [1.165, 1.54) is 11.3 Å². The number of nitrogens with zero attached hydrogens (tertiary/aromatic N) is 4. The molecule has 1 atom stereocenters. The first-order valence-corrected chi connectivity index (χ1v) is 12.5. The van der Waals surface area contributed by atoms with Crippen molar-refractivity contribution < 1.29 is 9.59 Å². The zero-order valence-corrected chi connectivity index (χ0v) is 21.7. The first-order valence-electron chi connectivity index (χ1n) is 10.6. The van der Waals surface area contributed by atoms with Gasteiger partial charge in [0.1, 0.15) is 10.7 Å². The molecule has 3 heterocycles. The van der Waals surface area contributed by atoms with Gasteiger partial charge in [-0.05, 0) is 60.1 Å². The molecule has 1 saturated heterocycles. The second kappa shape index (κ2) is 10.5. The maximum atomic E-state index is 12.7. The number of nitrogens with one attached hydrogen (secondary N) is 3.